The average molecular weight is 374 g/mol. The maximum absolute atomic E-state index is 13.5. The second kappa shape index (κ2) is 6.64. The van der Waals surface area contributed by atoms with Crippen LogP contribution in [0.25, 0.3) is 10.9 Å². The Morgan fingerprint density at radius 2 is 1.85 bits per heavy atom. The zero-order valence-electron chi connectivity index (χ0n) is 13.5. The van der Waals surface area contributed by atoms with E-state index in [1.807, 2.05) is 30.3 Å². The predicted octanol–water partition coefficient (Wildman–Crippen LogP) is 4.43. The van der Waals surface area contributed by atoms with Crippen molar-refractivity contribution in [3.63, 3.8) is 0 Å². The summed E-state index contributed by atoms with van der Waals surface area (Å²) in [7, 11) is 0. The van der Waals surface area contributed by atoms with Crippen LogP contribution in [-0.4, -0.2) is 21.5 Å². The van der Waals surface area contributed by atoms with Gasteiger partial charge in [0.1, 0.15) is 5.37 Å². The molecule has 132 valence electrons. The van der Waals surface area contributed by atoms with E-state index in [1.165, 1.54) is 11.8 Å². The maximum atomic E-state index is 13.5. The lowest BCUT2D eigenvalue weighted by atomic mass is 10.1. The fourth-order valence-electron chi connectivity index (χ4n) is 3.11. The second-order valence-electron chi connectivity index (χ2n) is 5.98. The summed E-state index contributed by atoms with van der Waals surface area (Å²) in [5.41, 5.74) is 1.93. The molecule has 1 aliphatic rings. The number of nitrogens with zero attached hydrogens (tertiary/aromatic N) is 2. The summed E-state index contributed by atoms with van der Waals surface area (Å²) in [5.74, 6) is -3.89. The van der Waals surface area contributed by atoms with Crippen LogP contribution >= 0.6 is 11.8 Å². The van der Waals surface area contributed by atoms with Crippen LogP contribution in [-0.2, 0) is 11.3 Å². The molecule has 2 heterocycles. The number of amides is 1. The van der Waals surface area contributed by atoms with Crippen LogP contribution < -0.4 is 0 Å². The van der Waals surface area contributed by atoms with Gasteiger partial charge in [0.25, 0.3) is 0 Å². The molecular weight excluding hydrogens is 361 g/mol. The SMILES string of the molecule is O=C1CSC(c2ccnc3ccccc23)N1Cc1cc(F)c(F)c(F)c1. The van der Waals surface area contributed by atoms with Gasteiger partial charge in [-0.2, -0.15) is 0 Å². The number of fused-ring (bicyclic) bond motifs is 1. The van der Waals surface area contributed by atoms with E-state index in [2.05, 4.69) is 4.98 Å². The number of hydrogen-bond donors (Lipinski definition) is 0. The number of aromatic nitrogens is 1. The van der Waals surface area contributed by atoms with Crippen LogP contribution in [0.4, 0.5) is 13.2 Å². The van der Waals surface area contributed by atoms with Crippen molar-refractivity contribution in [2.45, 2.75) is 11.9 Å². The Morgan fingerprint density at radius 1 is 1.12 bits per heavy atom. The maximum Gasteiger partial charge on any atom is 0.234 e. The Labute approximate surface area is 151 Å². The van der Waals surface area contributed by atoms with E-state index in [9.17, 15) is 18.0 Å². The fraction of sp³-hybridized carbons (Fsp3) is 0.158. The van der Waals surface area contributed by atoms with Crippen LogP contribution in [0.5, 0.6) is 0 Å². The van der Waals surface area contributed by atoms with Gasteiger partial charge in [0.2, 0.25) is 5.91 Å². The molecule has 0 saturated carbocycles. The first-order valence-electron chi connectivity index (χ1n) is 7.93. The van der Waals surface area contributed by atoms with E-state index >= 15 is 0 Å². The van der Waals surface area contributed by atoms with Gasteiger partial charge >= 0.3 is 0 Å². The van der Waals surface area contributed by atoms with Gasteiger partial charge < -0.3 is 4.90 Å². The Bertz CT molecular complexity index is 983. The lowest BCUT2D eigenvalue weighted by molar-refractivity contribution is -0.128. The monoisotopic (exact) mass is 374 g/mol. The number of rotatable bonds is 3. The van der Waals surface area contributed by atoms with E-state index in [0.717, 1.165) is 28.6 Å². The molecule has 3 aromatic rings. The Kier molecular flexibility index (Phi) is 4.32. The zero-order chi connectivity index (χ0) is 18.3. The van der Waals surface area contributed by atoms with Crippen LogP contribution in [0.2, 0.25) is 0 Å². The number of pyridine rings is 1. The first-order valence-corrected chi connectivity index (χ1v) is 8.97. The minimum Gasteiger partial charge on any atom is -0.321 e. The molecule has 1 fully saturated rings. The first kappa shape index (κ1) is 16.9. The quantitative estimate of drug-likeness (QED) is 0.636. The van der Waals surface area contributed by atoms with Gasteiger partial charge in [0, 0.05) is 18.1 Å². The lowest BCUT2D eigenvalue weighted by Gasteiger charge is -2.25. The van der Waals surface area contributed by atoms with E-state index in [0.29, 0.717) is 0 Å². The molecule has 0 spiro atoms. The number of thioether (sulfide) groups is 1. The van der Waals surface area contributed by atoms with Gasteiger partial charge in [-0.25, -0.2) is 13.2 Å². The topological polar surface area (TPSA) is 33.2 Å². The number of carbonyl (C=O) groups is 1. The van der Waals surface area contributed by atoms with E-state index in [4.69, 9.17) is 0 Å². The van der Waals surface area contributed by atoms with Crippen molar-refractivity contribution in [3.05, 3.63) is 77.2 Å². The van der Waals surface area contributed by atoms with Crippen molar-refractivity contribution in [1.29, 1.82) is 0 Å². The van der Waals surface area contributed by atoms with Crippen molar-refractivity contribution in [2.24, 2.45) is 0 Å². The number of para-hydroxylation sites is 1. The molecular formula is C19H13F3N2OS. The second-order valence-corrected chi connectivity index (χ2v) is 7.04. The fourth-order valence-corrected chi connectivity index (χ4v) is 4.34. The van der Waals surface area contributed by atoms with Crippen LogP contribution in [0.1, 0.15) is 16.5 Å². The highest BCUT2D eigenvalue weighted by Crippen LogP contribution is 2.41. The largest absolute Gasteiger partial charge is 0.321 e. The molecule has 1 amide bonds. The first-order chi connectivity index (χ1) is 12.5. The standard InChI is InChI=1S/C19H13F3N2OS/c20-14-7-11(8-15(21)18(14)22)9-24-17(25)10-26-19(24)13-5-6-23-16-4-2-1-3-12(13)16/h1-8,19H,9-10H2. The number of carbonyl (C=O) groups excluding carboxylic acids is 1. The molecule has 1 atom stereocenters. The minimum atomic E-state index is -1.51. The highest BCUT2D eigenvalue weighted by molar-refractivity contribution is 8.00. The molecule has 0 aliphatic carbocycles. The summed E-state index contributed by atoms with van der Waals surface area (Å²) in [4.78, 5) is 18.2. The van der Waals surface area contributed by atoms with E-state index in [-0.39, 0.29) is 29.1 Å². The molecule has 0 bridgehead atoms. The highest BCUT2D eigenvalue weighted by Gasteiger charge is 2.34. The van der Waals surface area contributed by atoms with Crippen molar-refractivity contribution < 1.29 is 18.0 Å². The van der Waals surface area contributed by atoms with Crippen molar-refractivity contribution in [3.8, 4) is 0 Å². The smallest absolute Gasteiger partial charge is 0.234 e. The summed E-state index contributed by atoms with van der Waals surface area (Å²) < 4.78 is 40.2. The molecule has 26 heavy (non-hydrogen) atoms. The molecule has 2 aromatic carbocycles. The highest BCUT2D eigenvalue weighted by atomic mass is 32.2. The molecule has 0 radical (unpaired) electrons. The minimum absolute atomic E-state index is 0.00126. The lowest BCUT2D eigenvalue weighted by Crippen LogP contribution is -2.28. The molecule has 1 aromatic heterocycles. The summed E-state index contributed by atoms with van der Waals surface area (Å²) in [6.07, 6.45) is 1.68. The van der Waals surface area contributed by atoms with Gasteiger partial charge in [0.15, 0.2) is 17.5 Å². The molecule has 1 saturated heterocycles. The Balaban J connectivity index is 1.72. The van der Waals surface area contributed by atoms with Gasteiger partial charge in [-0.1, -0.05) is 18.2 Å². The van der Waals surface area contributed by atoms with Gasteiger partial charge in [-0.15, -0.1) is 11.8 Å². The Morgan fingerprint density at radius 3 is 2.62 bits per heavy atom. The summed E-state index contributed by atoms with van der Waals surface area (Å²) in [5, 5.41) is 0.621. The molecule has 1 unspecified atom stereocenters. The van der Waals surface area contributed by atoms with Crippen molar-refractivity contribution >= 4 is 28.6 Å². The van der Waals surface area contributed by atoms with Crippen LogP contribution in [0.3, 0.4) is 0 Å². The van der Waals surface area contributed by atoms with Gasteiger partial charge in [-0.05, 0) is 35.4 Å². The third-order valence-corrected chi connectivity index (χ3v) is 5.55. The number of hydrogen-bond acceptors (Lipinski definition) is 3. The predicted molar refractivity (Wildman–Crippen MR) is 93.8 cm³/mol. The molecule has 0 N–H and O–H groups in total. The number of benzene rings is 2. The normalized spacial score (nSPS) is 17.3. The van der Waals surface area contributed by atoms with Crippen LogP contribution in [0.15, 0.2) is 48.7 Å². The molecule has 3 nitrogen and oxygen atoms in total. The third-order valence-electron chi connectivity index (χ3n) is 4.31. The molecule has 1 aliphatic heterocycles. The molecule has 7 heteroatoms. The van der Waals surface area contributed by atoms with E-state index in [1.54, 1.807) is 11.1 Å². The summed E-state index contributed by atoms with van der Waals surface area (Å²) in [6, 6.07) is 11.3. The molecule has 4 rings (SSSR count). The average Bonchev–Trinajstić information content (AvgIpc) is 2.99. The summed E-state index contributed by atoms with van der Waals surface area (Å²) in [6.45, 7) is 0.00126. The van der Waals surface area contributed by atoms with E-state index < -0.39 is 17.5 Å². The third kappa shape index (κ3) is 2.92. The van der Waals surface area contributed by atoms with Crippen molar-refractivity contribution in [2.75, 3.05) is 5.75 Å². The summed E-state index contributed by atoms with van der Waals surface area (Å²) >= 11 is 1.44. The Hall–Kier alpha value is -2.54. The van der Waals surface area contributed by atoms with Crippen LogP contribution in [0, 0.1) is 17.5 Å². The van der Waals surface area contributed by atoms with Gasteiger partial charge in [-0.3, -0.25) is 9.78 Å². The van der Waals surface area contributed by atoms with Crippen molar-refractivity contribution in [1.82, 2.24) is 9.88 Å². The zero-order valence-corrected chi connectivity index (χ0v) is 14.3. The number of halogens is 3. The van der Waals surface area contributed by atoms with Gasteiger partial charge in [0.05, 0.1) is 11.3 Å².